The van der Waals surface area contributed by atoms with E-state index in [0.29, 0.717) is 17.1 Å². The number of H-pyrrole nitrogens is 1. The summed E-state index contributed by atoms with van der Waals surface area (Å²) in [6.45, 7) is 5.42. The van der Waals surface area contributed by atoms with Crippen molar-refractivity contribution >= 4 is 5.91 Å². The van der Waals surface area contributed by atoms with Gasteiger partial charge in [0.2, 0.25) is 5.91 Å². The highest BCUT2D eigenvalue weighted by atomic mass is 16.5. The summed E-state index contributed by atoms with van der Waals surface area (Å²) in [5.74, 6) is 1.25. The number of rotatable bonds is 5. The van der Waals surface area contributed by atoms with Crippen molar-refractivity contribution in [2.75, 3.05) is 0 Å². The van der Waals surface area contributed by atoms with Gasteiger partial charge in [-0.05, 0) is 58.6 Å². The molecule has 2 heterocycles. The lowest BCUT2D eigenvalue weighted by Crippen LogP contribution is -2.41. The number of aromatic amines is 1. The maximum Gasteiger partial charge on any atom is 0.254 e. The molecule has 1 fully saturated rings. The second kappa shape index (κ2) is 8.33. The summed E-state index contributed by atoms with van der Waals surface area (Å²) >= 11 is 0. The second-order valence-electron chi connectivity index (χ2n) is 7.14. The van der Waals surface area contributed by atoms with Crippen molar-refractivity contribution in [3.63, 3.8) is 0 Å². The van der Waals surface area contributed by atoms with Crippen molar-refractivity contribution in [2.24, 2.45) is 0 Å². The van der Waals surface area contributed by atoms with Gasteiger partial charge in [-0.1, -0.05) is 0 Å². The van der Waals surface area contributed by atoms with Crippen LogP contribution in [0.5, 0.6) is 5.75 Å². The normalized spacial score (nSPS) is 19.5. The molecular formula is C20H26N4O3. The monoisotopic (exact) mass is 370 g/mol. The number of hydrogen-bond donors (Lipinski definition) is 2. The molecule has 0 saturated heterocycles. The third kappa shape index (κ3) is 4.93. The smallest absolute Gasteiger partial charge is 0.254 e. The summed E-state index contributed by atoms with van der Waals surface area (Å²) in [5, 5.41) is 3.04. The summed E-state index contributed by atoms with van der Waals surface area (Å²) in [7, 11) is 0. The van der Waals surface area contributed by atoms with E-state index in [2.05, 4.69) is 20.3 Å². The summed E-state index contributed by atoms with van der Waals surface area (Å²) in [4.78, 5) is 35.5. The molecule has 7 heteroatoms. The summed E-state index contributed by atoms with van der Waals surface area (Å²) in [5.41, 5.74) is 1.69. The van der Waals surface area contributed by atoms with Crippen molar-refractivity contribution in [3.8, 4) is 5.75 Å². The molecule has 1 aliphatic rings. The number of hydrogen-bond acceptors (Lipinski definition) is 5. The standard InChI is InChI=1S/C20H26N4O3/c1-12-17(20(26)23-14(3)22-12)11-19(25)24-15-6-8-16(9-7-15)27-18-5-4-10-21-13(18)2/h4-5,10,15-16H,6-9,11H2,1-3H3,(H,24,25)(H,22,23,26). The first-order valence-electron chi connectivity index (χ1n) is 9.36. The lowest BCUT2D eigenvalue weighted by molar-refractivity contribution is -0.121. The zero-order valence-corrected chi connectivity index (χ0v) is 16.0. The van der Waals surface area contributed by atoms with Gasteiger partial charge >= 0.3 is 0 Å². The quantitative estimate of drug-likeness (QED) is 0.840. The number of pyridine rings is 1. The van der Waals surface area contributed by atoms with Crippen LogP contribution in [-0.2, 0) is 11.2 Å². The van der Waals surface area contributed by atoms with Crippen molar-refractivity contribution < 1.29 is 9.53 Å². The lowest BCUT2D eigenvalue weighted by Gasteiger charge is -2.29. The number of nitrogens with one attached hydrogen (secondary N) is 2. The van der Waals surface area contributed by atoms with Crippen molar-refractivity contribution in [2.45, 2.75) is 65.0 Å². The Bertz CT molecular complexity index is 870. The molecule has 0 radical (unpaired) electrons. The summed E-state index contributed by atoms with van der Waals surface area (Å²) in [6.07, 6.45) is 5.43. The van der Waals surface area contributed by atoms with E-state index in [9.17, 15) is 9.59 Å². The van der Waals surface area contributed by atoms with E-state index >= 15 is 0 Å². The third-order valence-electron chi connectivity index (χ3n) is 4.97. The Labute approximate surface area is 158 Å². The van der Waals surface area contributed by atoms with Crippen molar-refractivity contribution in [1.29, 1.82) is 0 Å². The molecule has 0 bridgehead atoms. The Hall–Kier alpha value is -2.70. The largest absolute Gasteiger partial charge is 0.489 e. The van der Waals surface area contributed by atoms with Crippen molar-refractivity contribution in [1.82, 2.24) is 20.3 Å². The molecule has 3 rings (SSSR count). The van der Waals surface area contributed by atoms with Crippen LogP contribution in [0.25, 0.3) is 0 Å². The zero-order valence-electron chi connectivity index (χ0n) is 16.0. The molecule has 1 amide bonds. The van der Waals surface area contributed by atoms with Gasteiger partial charge in [0.05, 0.1) is 18.2 Å². The fourth-order valence-electron chi connectivity index (χ4n) is 3.50. The Kier molecular flexibility index (Phi) is 5.88. The molecule has 0 atom stereocenters. The highest BCUT2D eigenvalue weighted by molar-refractivity contribution is 5.79. The third-order valence-corrected chi connectivity index (χ3v) is 4.97. The van der Waals surface area contributed by atoms with Crippen molar-refractivity contribution in [3.05, 3.63) is 51.5 Å². The Morgan fingerprint density at radius 3 is 2.63 bits per heavy atom. The van der Waals surface area contributed by atoms with E-state index in [4.69, 9.17) is 4.74 Å². The van der Waals surface area contributed by atoms with Gasteiger partial charge in [-0.3, -0.25) is 14.6 Å². The van der Waals surface area contributed by atoms with E-state index in [0.717, 1.165) is 37.1 Å². The Morgan fingerprint density at radius 2 is 1.96 bits per heavy atom. The first kappa shape index (κ1) is 19.1. The lowest BCUT2D eigenvalue weighted by atomic mass is 9.92. The van der Waals surface area contributed by atoms with Gasteiger partial charge in [-0.15, -0.1) is 0 Å². The first-order chi connectivity index (χ1) is 12.9. The SMILES string of the molecule is Cc1nc(C)c(CC(=O)NC2CCC(Oc3cccnc3C)CC2)c(=O)[nH]1. The van der Waals surface area contributed by atoms with Gasteiger partial charge in [0.1, 0.15) is 11.6 Å². The zero-order chi connectivity index (χ0) is 19.4. The van der Waals surface area contributed by atoms with E-state index in [-0.39, 0.29) is 30.0 Å². The summed E-state index contributed by atoms with van der Waals surface area (Å²) < 4.78 is 6.05. The van der Waals surface area contributed by atoms with Crippen LogP contribution < -0.4 is 15.6 Å². The number of aryl methyl sites for hydroxylation is 3. The van der Waals surface area contributed by atoms with Gasteiger partial charge in [-0.2, -0.15) is 0 Å². The molecule has 1 saturated carbocycles. The molecule has 0 unspecified atom stereocenters. The van der Waals surface area contributed by atoms with Crippen LogP contribution in [-0.4, -0.2) is 33.0 Å². The molecular weight excluding hydrogens is 344 g/mol. The molecule has 2 aromatic rings. The highest BCUT2D eigenvalue weighted by Crippen LogP contribution is 2.25. The fraction of sp³-hybridized carbons (Fsp3) is 0.500. The minimum Gasteiger partial charge on any atom is -0.489 e. The molecule has 0 aromatic carbocycles. The molecule has 144 valence electrons. The Balaban J connectivity index is 1.50. The van der Waals surface area contributed by atoms with E-state index < -0.39 is 0 Å². The number of carbonyl (C=O) groups excluding carboxylic acids is 1. The molecule has 7 nitrogen and oxygen atoms in total. The van der Waals surface area contributed by atoms with E-state index in [1.54, 1.807) is 20.0 Å². The van der Waals surface area contributed by atoms with Gasteiger partial charge in [-0.25, -0.2) is 4.98 Å². The Morgan fingerprint density at radius 1 is 1.22 bits per heavy atom. The number of amides is 1. The number of nitrogens with zero attached hydrogens (tertiary/aromatic N) is 2. The predicted octanol–water partition coefficient (Wildman–Crippen LogP) is 2.14. The number of carbonyl (C=O) groups is 1. The topological polar surface area (TPSA) is 97.0 Å². The van der Waals surface area contributed by atoms with Gasteiger partial charge in [0, 0.05) is 23.5 Å². The van der Waals surface area contributed by atoms with Gasteiger partial charge in [0.25, 0.3) is 5.56 Å². The van der Waals surface area contributed by atoms with Crippen LogP contribution in [0.15, 0.2) is 23.1 Å². The average molecular weight is 370 g/mol. The average Bonchev–Trinajstić information content (AvgIpc) is 2.62. The predicted molar refractivity (Wildman–Crippen MR) is 102 cm³/mol. The number of aromatic nitrogens is 3. The van der Waals surface area contributed by atoms with Crippen LogP contribution >= 0.6 is 0 Å². The first-order valence-corrected chi connectivity index (χ1v) is 9.36. The summed E-state index contributed by atoms with van der Waals surface area (Å²) in [6, 6.07) is 3.92. The van der Waals surface area contributed by atoms with Gasteiger partial charge in [0.15, 0.2) is 0 Å². The van der Waals surface area contributed by atoms with Crippen LogP contribution in [0.1, 0.15) is 48.5 Å². The maximum atomic E-state index is 12.4. The minimum absolute atomic E-state index is 0.0553. The molecule has 1 aliphatic carbocycles. The second-order valence-corrected chi connectivity index (χ2v) is 7.14. The van der Waals surface area contributed by atoms with E-state index in [1.165, 1.54) is 0 Å². The minimum atomic E-state index is -0.237. The van der Waals surface area contributed by atoms with Crippen LogP contribution in [0.2, 0.25) is 0 Å². The van der Waals surface area contributed by atoms with Gasteiger partial charge < -0.3 is 15.0 Å². The molecule has 0 spiro atoms. The maximum absolute atomic E-state index is 12.4. The van der Waals surface area contributed by atoms with Crippen LogP contribution in [0.4, 0.5) is 0 Å². The molecule has 2 aromatic heterocycles. The van der Waals surface area contributed by atoms with Crippen LogP contribution in [0, 0.1) is 20.8 Å². The molecule has 2 N–H and O–H groups in total. The molecule has 27 heavy (non-hydrogen) atoms. The number of ether oxygens (including phenoxy) is 1. The fourth-order valence-corrected chi connectivity index (χ4v) is 3.50. The highest BCUT2D eigenvalue weighted by Gasteiger charge is 2.24. The van der Waals surface area contributed by atoms with E-state index in [1.807, 2.05) is 19.1 Å². The molecule has 0 aliphatic heterocycles. The van der Waals surface area contributed by atoms with Crippen LogP contribution in [0.3, 0.4) is 0 Å².